The Labute approximate surface area is 327 Å². The maximum Gasteiger partial charge on any atom is 0.345 e. The van der Waals surface area contributed by atoms with E-state index in [9.17, 15) is 0 Å². The van der Waals surface area contributed by atoms with Crippen LogP contribution in [0.1, 0.15) is 46.2 Å². The fourth-order valence-electron chi connectivity index (χ4n) is 13.5. The van der Waals surface area contributed by atoms with E-state index in [0.717, 1.165) is 17.8 Å². The molecule has 55 heavy (non-hydrogen) atoms. The molecule has 0 aromatic heterocycles. The fraction of sp³-hybridized carbons (Fsp3) is 0.255. The van der Waals surface area contributed by atoms with E-state index in [1.165, 1.54) is 102 Å². The van der Waals surface area contributed by atoms with Crippen LogP contribution in [0.5, 0.6) is 0 Å². The molecule has 6 aromatic carbocycles. The molecule has 0 amide bonds. The normalized spacial score (nSPS) is 25.8. The van der Waals surface area contributed by atoms with Gasteiger partial charge in [-0.25, -0.2) is 0 Å². The molecule has 0 radical (unpaired) electrons. The van der Waals surface area contributed by atoms with Crippen molar-refractivity contribution in [3.63, 3.8) is 0 Å². The largest absolute Gasteiger partial charge is 0.345 e. The molecule has 3 saturated carbocycles. The molecule has 13 rings (SSSR count). The van der Waals surface area contributed by atoms with Gasteiger partial charge in [-0.2, -0.15) is 0 Å². The lowest BCUT2D eigenvalue weighted by Gasteiger charge is -2.87. The van der Waals surface area contributed by atoms with Crippen LogP contribution in [0.25, 0.3) is 11.1 Å². The molecule has 0 bridgehead atoms. The van der Waals surface area contributed by atoms with Crippen molar-refractivity contribution in [3.05, 3.63) is 154 Å². The van der Waals surface area contributed by atoms with Crippen molar-refractivity contribution in [2.45, 2.75) is 59.0 Å². The van der Waals surface area contributed by atoms with Gasteiger partial charge in [0.1, 0.15) is 5.19 Å². The van der Waals surface area contributed by atoms with E-state index in [4.69, 9.17) is 0 Å². The molecule has 5 unspecified atom stereocenters. The van der Waals surface area contributed by atoms with E-state index < -0.39 is 8.80 Å². The third kappa shape index (κ3) is 3.41. The van der Waals surface area contributed by atoms with Gasteiger partial charge < -0.3 is 9.80 Å². The van der Waals surface area contributed by atoms with Crippen molar-refractivity contribution in [1.29, 1.82) is 0 Å². The Morgan fingerprint density at radius 2 is 1.33 bits per heavy atom. The number of rotatable bonds is 3. The third-order valence-corrected chi connectivity index (χ3v) is 17.0. The van der Waals surface area contributed by atoms with E-state index in [1.807, 2.05) is 0 Å². The molecule has 264 valence electrons. The summed E-state index contributed by atoms with van der Waals surface area (Å²) in [4.78, 5) is 5.28. The van der Waals surface area contributed by atoms with Crippen LogP contribution >= 0.6 is 0 Å². The minimum Gasteiger partial charge on any atom is -0.311 e. The van der Waals surface area contributed by atoms with Gasteiger partial charge in [-0.05, 0) is 157 Å². The highest BCUT2D eigenvalue weighted by molar-refractivity contribution is 7.00. The van der Waals surface area contributed by atoms with Crippen molar-refractivity contribution in [3.8, 4) is 11.1 Å². The number of fused-ring (bicyclic) bond motifs is 11. The van der Waals surface area contributed by atoms with E-state index >= 15 is 0 Å². The van der Waals surface area contributed by atoms with E-state index in [0.29, 0.717) is 5.41 Å². The monoisotopic (exact) mass is 723 g/mol. The molecule has 3 fully saturated rings. The van der Waals surface area contributed by atoms with Crippen LogP contribution in [0.3, 0.4) is 0 Å². The van der Waals surface area contributed by atoms with E-state index in [2.05, 4.69) is 166 Å². The molecule has 7 aliphatic rings. The SMILES string of the molecule is Cc1cccc(N2c3ccc(C)cc3B3c4cc(C)ccc4N(c4cc(C)c5c(c4)C4(C6=CC7CC8CC4C678)c4ccccc4-5)c4cc([Si+](C)C)cc2c43)c1. The molecule has 0 N–H and O–H groups in total. The van der Waals surface area contributed by atoms with Gasteiger partial charge in [-0.3, -0.25) is 0 Å². The van der Waals surface area contributed by atoms with Crippen LogP contribution in [0.2, 0.25) is 13.1 Å². The summed E-state index contributed by atoms with van der Waals surface area (Å²) in [6.45, 7) is 14.2. The summed E-state index contributed by atoms with van der Waals surface area (Å²) in [5.41, 5.74) is 25.9. The lowest BCUT2D eigenvalue weighted by Crippen LogP contribution is -2.82. The molecular weight excluding hydrogens is 679 g/mol. The van der Waals surface area contributed by atoms with Crippen LogP contribution in [0.15, 0.2) is 121 Å². The van der Waals surface area contributed by atoms with Crippen molar-refractivity contribution < 1.29 is 0 Å². The van der Waals surface area contributed by atoms with Crippen molar-refractivity contribution >= 4 is 71.2 Å². The molecule has 2 spiro atoms. The highest BCUT2D eigenvalue weighted by Gasteiger charge is 2.87. The lowest BCUT2D eigenvalue weighted by atomic mass is 9.16. The number of hydrogen-bond acceptors (Lipinski definition) is 2. The van der Waals surface area contributed by atoms with Crippen LogP contribution in [-0.2, 0) is 5.41 Å². The summed E-state index contributed by atoms with van der Waals surface area (Å²) in [6, 6.07) is 43.4. The Hall–Kier alpha value is -5.06. The van der Waals surface area contributed by atoms with Crippen LogP contribution in [-0.4, -0.2) is 15.5 Å². The first-order chi connectivity index (χ1) is 26.7. The number of hydrogen-bond donors (Lipinski definition) is 0. The molecule has 4 heteroatoms. The zero-order valence-corrected chi connectivity index (χ0v) is 33.6. The Bertz CT molecular complexity index is 2820. The summed E-state index contributed by atoms with van der Waals surface area (Å²) in [7, 11) is -0.794. The molecule has 0 saturated heterocycles. The van der Waals surface area contributed by atoms with Crippen molar-refractivity contribution in [2.75, 3.05) is 9.80 Å². The predicted octanol–water partition coefficient (Wildman–Crippen LogP) is 9.83. The summed E-state index contributed by atoms with van der Waals surface area (Å²) in [5.74, 6) is 2.51. The van der Waals surface area contributed by atoms with Gasteiger partial charge in [-0.15, -0.1) is 0 Å². The highest BCUT2D eigenvalue weighted by atomic mass is 28.3. The van der Waals surface area contributed by atoms with Crippen LogP contribution in [0, 0.1) is 50.9 Å². The van der Waals surface area contributed by atoms with Crippen LogP contribution in [0.4, 0.5) is 34.1 Å². The van der Waals surface area contributed by atoms with Gasteiger partial charge in [0.2, 0.25) is 0 Å². The summed E-state index contributed by atoms with van der Waals surface area (Å²) in [6.07, 6.45) is 5.53. The predicted molar refractivity (Wildman–Crippen MR) is 233 cm³/mol. The topological polar surface area (TPSA) is 6.48 Å². The first-order valence-electron chi connectivity index (χ1n) is 20.6. The minimum absolute atomic E-state index is 0.0389. The van der Waals surface area contributed by atoms with Gasteiger partial charge in [0, 0.05) is 45.0 Å². The van der Waals surface area contributed by atoms with Gasteiger partial charge in [-0.1, -0.05) is 83.4 Å². The summed E-state index contributed by atoms with van der Waals surface area (Å²) < 4.78 is 0. The second kappa shape index (κ2) is 10.0. The molecule has 5 atom stereocenters. The van der Waals surface area contributed by atoms with Gasteiger partial charge in [0.25, 0.3) is 6.71 Å². The Balaban J connectivity index is 1.11. The lowest BCUT2D eigenvalue weighted by molar-refractivity contribution is -0.255. The van der Waals surface area contributed by atoms with E-state index in [-0.39, 0.29) is 12.1 Å². The minimum atomic E-state index is -0.794. The third-order valence-electron chi connectivity index (χ3n) is 15.5. The number of aryl methyl sites for hydroxylation is 4. The Kier molecular flexibility index (Phi) is 5.68. The summed E-state index contributed by atoms with van der Waals surface area (Å²) in [5, 5.41) is 1.48. The fourth-order valence-corrected chi connectivity index (χ4v) is 14.3. The smallest absolute Gasteiger partial charge is 0.311 e. The van der Waals surface area contributed by atoms with Gasteiger partial charge in [0.15, 0.2) is 0 Å². The van der Waals surface area contributed by atoms with Gasteiger partial charge >= 0.3 is 8.80 Å². The Morgan fingerprint density at radius 3 is 1.98 bits per heavy atom. The molecular formula is C51H44BN2Si+. The molecule has 2 aliphatic heterocycles. The maximum absolute atomic E-state index is 2.72. The number of anilines is 6. The zero-order chi connectivity index (χ0) is 36.9. The number of allylic oxidation sites excluding steroid dienone is 2. The zero-order valence-electron chi connectivity index (χ0n) is 32.6. The average molecular weight is 724 g/mol. The quantitative estimate of drug-likeness (QED) is 0.132. The number of nitrogens with zero attached hydrogens (tertiary/aromatic N) is 2. The van der Waals surface area contributed by atoms with Crippen molar-refractivity contribution in [2.24, 2.45) is 23.2 Å². The molecule has 6 aromatic rings. The second-order valence-corrected chi connectivity index (χ2v) is 21.0. The van der Waals surface area contributed by atoms with E-state index in [1.54, 1.807) is 16.7 Å². The van der Waals surface area contributed by atoms with Crippen molar-refractivity contribution in [1.82, 2.24) is 0 Å². The first kappa shape index (κ1) is 31.2. The highest BCUT2D eigenvalue weighted by Crippen LogP contribution is 2.92. The molecule has 5 aliphatic carbocycles. The first-order valence-corrected chi connectivity index (χ1v) is 23.1. The maximum atomic E-state index is 2.72. The van der Waals surface area contributed by atoms with Gasteiger partial charge in [0.05, 0.1) is 13.1 Å². The standard InChI is InChI=1S/C51H44BN2Si/c1-28-10-9-11-34(18-28)53-42-16-14-29(2)19-40(42)52-41-20-30(3)15-17-43(41)54(45-27-36(55(5)6)26-44(53)49(45)52)35-21-31(4)48-37-12-7-8-13-38(37)51(39(48)25-35)46-23-32-22-33-24-47(51)50(32,33)46/h7-21,23,25-27,32-33,47H,22,24H2,1-6H3/q+1. The average Bonchev–Trinajstić information content (AvgIpc) is 3.44. The second-order valence-electron chi connectivity index (χ2n) is 18.4. The Morgan fingerprint density at radius 1 is 0.636 bits per heavy atom. The van der Waals surface area contributed by atoms with Crippen LogP contribution < -0.4 is 31.4 Å². The number of benzene rings is 6. The summed E-state index contributed by atoms with van der Waals surface area (Å²) >= 11 is 0. The molecule has 2 nitrogen and oxygen atoms in total. The molecule has 2 heterocycles.